The molecule has 0 bridgehead atoms. The van der Waals surface area contributed by atoms with E-state index in [0.29, 0.717) is 5.56 Å². The standard InChI is InChI=1S/C16H21ClFNO2/c1-16(2,3)15(20)21-14(13-5-4-8-19-13)10-6-7-11(17)12(18)9-10/h6-7,9,13-14,19H,4-5,8H2,1-3H3/t13-,14-/m1/s1. The van der Waals surface area contributed by atoms with Crippen LogP contribution in [0.15, 0.2) is 18.2 Å². The lowest BCUT2D eigenvalue weighted by atomic mass is 9.96. The molecule has 0 amide bonds. The molecule has 0 radical (unpaired) electrons. The van der Waals surface area contributed by atoms with Crippen LogP contribution in [0.1, 0.15) is 45.3 Å². The van der Waals surface area contributed by atoms with E-state index in [1.807, 2.05) is 0 Å². The molecule has 2 rings (SSSR count). The van der Waals surface area contributed by atoms with Gasteiger partial charge < -0.3 is 10.1 Å². The highest BCUT2D eigenvalue weighted by Crippen LogP contribution is 2.31. The molecule has 1 aromatic rings. The normalized spacial score (nSPS) is 20.3. The lowest BCUT2D eigenvalue weighted by Crippen LogP contribution is -2.35. The molecule has 0 spiro atoms. The number of rotatable bonds is 3. The first kappa shape index (κ1) is 16.2. The Morgan fingerprint density at radius 1 is 1.48 bits per heavy atom. The molecule has 5 heteroatoms. The van der Waals surface area contributed by atoms with Gasteiger partial charge in [0.15, 0.2) is 0 Å². The topological polar surface area (TPSA) is 38.3 Å². The van der Waals surface area contributed by atoms with E-state index in [-0.39, 0.29) is 17.0 Å². The summed E-state index contributed by atoms with van der Waals surface area (Å²) in [5.41, 5.74) is 0.0378. The summed E-state index contributed by atoms with van der Waals surface area (Å²) in [5, 5.41) is 3.38. The molecule has 0 saturated carbocycles. The van der Waals surface area contributed by atoms with Crippen molar-refractivity contribution in [3.8, 4) is 0 Å². The van der Waals surface area contributed by atoms with Gasteiger partial charge in [-0.15, -0.1) is 0 Å². The molecule has 0 unspecified atom stereocenters. The zero-order valence-electron chi connectivity index (χ0n) is 12.6. The molecule has 1 saturated heterocycles. The minimum Gasteiger partial charge on any atom is -0.455 e. The van der Waals surface area contributed by atoms with Crippen molar-refractivity contribution in [2.75, 3.05) is 6.54 Å². The van der Waals surface area contributed by atoms with Gasteiger partial charge in [-0.1, -0.05) is 17.7 Å². The van der Waals surface area contributed by atoms with E-state index >= 15 is 0 Å². The number of carbonyl (C=O) groups is 1. The minimum absolute atomic E-state index is 0.0110. The van der Waals surface area contributed by atoms with Crippen molar-refractivity contribution in [2.24, 2.45) is 5.41 Å². The first-order valence-corrected chi connectivity index (χ1v) is 7.56. The quantitative estimate of drug-likeness (QED) is 0.861. The van der Waals surface area contributed by atoms with Crippen LogP contribution in [-0.4, -0.2) is 18.6 Å². The van der Waals surface area contributed by atoms with Crippen LogP contribution in [0.3, 0.4) is 0 Å². The highest BCUT2D eigenvalue weighted by Gasteiger charge is 2.33. The maximum Gasteiger partial charge on any atom is 0.311 e. The number of hydrogen-bond acceptors (Lipinski definition) is 3. The number of esters is 1. The molecule has 1 fully saturated rings. The summed E-state index contributed by atoms with van der Waals surface area (Å²) in [6, 6.07) is 4.57. The molecule has 116 valence electrons. The van der Waals surface area contributed by atoms with E-state index in [4.69, 9.17) is 16.3 Å². The van der Waals surface area contributed by atoms with E-state index in [0.717, 1.165) is 19.4 Å². The highest BCUT2D eigenvalue weighted by molar-refractivity contribution is 6.30. The fourth-order valence-corrected chi connectivity index (χ4v) is 2.45. The summed E-state index contributed by atoms with van der Waals surface area (Å²) in [5.74, 6) is -0.791. The van der Waals surface area contributed by atoms with Crippen molar-refractivity contribution in [3.05, 3.63) is 34.6 Å². The zero-order chi connectivity index (χ0) is 15.6. The molecule has 0 aliphatic carbocycles. The number of hydrogen-bond donors (Lipinski definition) is 1. The van der Waals surface area contributed by atoms with Crippen LogP contribution < -0.4 is 5.32 Å². The molecule has 1 heterocycles. The van der Waals surface area contributed by atoms with Crippen molar-refractivity contribution in [3.63, 3.8) is 0 Å². The van der Waals surface area contributed by atoms with Crippen molar-refractivity contribution >= 4 is 17.6 Å². The van der Waals surface area contributed by atoms with E-state index in [2.05, 4.69) is 5.32 Å². The zero-order valence-corrected chi connectivity index (χ0v) is 13.3. The third-order valence-electron chi connectivity index (χ3n) is 3.58. The van der Waals surface area contributed by atoms with Gasteiger partial charge in [0, 0.05) is 6.04 Å². The van der Waals surface area contributed by atoms with Crippen molar-refractivity contribution in [1.29, 1.82) is 0 Å². The monoisotopic (exact) mass is 313 g/mol. The third kappa shape index (κ3) is 3.95. The van der Waals surface area contributed by atoms with Crippen LogP contribution in [0.5, 0.6) is 0 Å². The number of nitrogens with one attached hydrogen (secondary N) is 1. The summed E-state index contributed by atoms with van der Waals surface area (Å²) in [4.78, 5) is 12.2. The predicted octanol–water partition coefficient (Wildman–Crippen LogP) is 3.86. The summed E-state index contributed by atoms with van der Waals surface area (Å²) >= 11 is 5.72. The molecule has 2 atom stereocenters. The first-order valence-electron chi connectivity index (χ1n) is 7.18. The molecule has 1 aromatic carbocycles. The van der Waals surface area contributed by atoms with E-state index in [9.17, 15) is 9.18 Å². The number of ether oxygens (including phenoxy) is 1. The van der Waals surface area contributed by atoms with Gasteiger partial charge >= 0.3 is 5.97 Å². The van der Waals surface area contributed by atoms with Crippen LogP contribution in [0.4, 0.5) is 4.39 Å². The third-order valence-corrected chi connectivity index (χ3v) is 3.89. The highest BCUT2D eigenvalue weighted by atomic mass is 35.5. The summed E-state index contributed by atoms with van der Waals surface area (Å²) < 4.78 is 19.4. The van der Waals surface area contributed by atoms with Gasteiger partial charge in [0.25, 0.3) is 0 Å². The SMILES string of the molecule is CC(C)(C)C(=O)O[C@H](c1ccc(Cl)c(F)c1)[C@H]1CCCN1. The molecule has 1 N–H and O–H groups in total. The molecule has 0 aromatic heterocycles. The van der Waals surface area contributed by atoms with Gasteiger partial charge in [-0.3, -0.25) is 4.79 Å². The fraction of sp³-hybridized carbons (Fsp3) is 0.562. The molecule has 1 aliphatic rings. The Morgan fingerprint density at radius 3 is 2.71 bits per heavy atom. The largest absolute Gasteiger partial charge is 0.455 e. The lowest BCUT2D eigenvalue weighted by molar-refractivity contribution is -0.160. The van der Waals surface area contributed by atoms with Crippen LogP contribution in [0.25, 0.3) is 0 Å². The number of carbonyl (C=O) groups excluding carboxylic acids is 1. The molecule has 1 aliphatic heterocycles. The Balaban J connectivity index is 2.27. The lowest BCUT2D eigenvalue weighted by Gasteiger charge is -2.28. The molecule has 3 nitrogen and oxygen atoms in total. The van der Waals surface area contributed by atoms with Crippen molar-refractivity contribution in [1.82, 2.24) is 5.32 Å². The van der Waals surface area contributed by atoms with Crippen LogP contribution in [-0.2, 0) is 9.53 Å². The van der Waals surface area contributed by atoms with Crippen LogP contribution >= 0.6 is 11.6 Å². The van der Waals surface area contributed by atoms with Crippen molar-refractivity contribution < 1.29 is 13.9 Å². The van der Waals surface area contributed by atoms with Crippen molar-refractivity contribution in [2.45, 2.75) is 45.8 Å². The minimum atomic E-state index is -0.595. The average molecular weight is 314 g/mol. The van der Waals surface area contributed by atoms with E-state index < -0.39 is 17.3 Å². The molecule has 21 heavy (non-hydrogen) atoms. The molecular formula is C16H21ClFNO2. The molecular weight excluding hydrogens is 293 g/mol. The second-order valence-corrected chi connectivity index (χ2v) is 6.86. The van der Waals surface area contributed by atoms with Gasteiger partial charge in [0.1, 0.15) is 11.9 Å². The van der Waals surface area contributed by atoms with Gasteiger partial charge in [-0.05, 0) is 57.9 Å². The smallest absolute Gasteiger partial charge is 0.311 e. The Hall–Kier alpha value is -1.13. The summed E-state index contributed by atoms with van der Waals surface area (Å²) in [7, 11) is 0. The number of halogens is 2. The fourth-order valence-electron chi connectivity index (χ4n) is 2.33. The van der Waals surface area contributed by atoms with E-state index in [1.165, 1.54) is 12.1 Å². The van der Waals surface area contributed by atoms with Gasteiger partial charge in [-0.2, -0.15) is 0 Å². The van der Waals surface area contributed by atoms with Gasteiger partial charge in [0.2, 0.25) is 0 Å². The van der Waals surface area contributed by atoms with Gasteiger partial charge in [-0.25, -0.2) is 4.39 Å². The Labute approximate surface area is 129 Å². The second-order valence-electron chi connectivity index (χ2n) is 6.45. The average Bonchev–Trinajstić information content (AvgIpc) is 2.91. The second kappa shape index (κ2) is 6.32. The first-order chi connectivity index (χ1) is 9.79. The van der Waals surface area contributed by atoms with Crippen LogP contribution in [0.2, 0.25) is 5.02 Å². The number of benzene rings is 1. The maximum atomic E-state index is 13.7. The predicted molar refractivity (Wildman–Crippen MR) is 80.7 cm³/mol. The van der Waals surface area contributed by atoms with Crippen LogP contribution in [0, 0.1) is 11.2 Å². The summed E-state index contributed by atoms with van der Waals surface area (Å²) in [6.45, 7) is 6.29. The Kier molecular flexibility index (Phi) is 4.89. The van der Waals surface area contributed by atoms with E-state index in [1.54, 1.807) is 26.8 Å². The van der Waals surface area contributed by atoms with Gasteiger partial charge in [0.05, 0.1) is 10.4 Å². The maximum absolute atomic E-state index is 13.7. The Bertz CT molecular complexity index is 521. The summed E-state index contributed by atoms with van der Waals surface area (Å²) in [6.07, 6.45) is 1.42. The Morgan fingerprint density at radius 2 is 2.19 bits per heavy atom.